The minimum absolute atomic E-state index is 0.0879. The number of phenolic OH excluding ortho intramolecular Hbond substituents is 1. The number of rotatable bonds is 4. The zero-order chi connectivity index (χ0) is 15.6. The van der Waals surface area contributed by atoms with E-state index < -0.39 is 10.0 Å². The lowest BCUT2D eigenvalue weighted by Crippen LogP contribution is -2.13. The van der Waals surface area contributed by atoms with Gasteiger partial charge in [0.25, 0.3) is 10.0 Å². The van der Waals surface area contributed by atoms with Gasteiger partial charge >= 0.3 is 0 Å². The largest absolute Gasteiger partial charge is 0.507 e. The fraction of sp³-hybridized carbons (Fsp3) is 0.200. The zero-order valence-corrected chi connectivity index (χ0v) is 12.9. The van der Waals surface area contributed by atoms with Crippen LogP contribution in [0.4, 0.5) is 5.69 Å². The van der Waals surface area contributed by atoms with Gasteiger partial charge in [-0.1, -0.05) is 6.07 Å². The van der Waals surface area contributed by atoms with Crippen LogP contribution in [0.5, 0.6) is 11.5 Å². The van der Waals surface area contributed by atoms with Gasteiger partial charge in [-0.3, -0.25) is 4.72 Å². The van der Waals surface area contributed by atoms with Crippen LogP contribution in [0.15, 0.2) is 41.3 Å². The molecular formula is C15H17NO4S. The Hall–Kier alpha value is -2.21. The van der Waals surface area contributed by atoms with Gasteiger partial charge in [-0.05, 0) is 49.7 Å². The summed E-state index contributed by atoms with van der Waals surface area (Å²) in [4.78, 5) is 0.128. The second-order valence-electron chi connectivity index (χ2n) is 4.68. The molecule has 0 atom stereocenters. The zero-order valence-electron chi connectivity index (χ0n) is 12.0. The second kappa shape index (κ2) is 5.65. The molecule has 2 aromatic rings. The van der Waals surface area contributed by atoms with E-state index in [1.54, 1.807) is 38.1 Å². The Morgan fingerprint density at radius 1 is 1.05 bits per heavy atom. The average molecular weight is 307 g/mol. The Morgan fingerprint density at radius 3 is 2.24 bits per heavy atom. The van der Waals surface area contributed by atoms with Crippen molar-refractivity contribution in [1.82, 2.24) is 0 Å². The van der Waals surface area contributed by atoms with E-state index in [-0.39, 0.29) is 10.6 Å². The number of methoxy groups -OCH3 is 1. The van der Waals surface area contributed by atoms with Crippen molar-refractivity contribution in [2.24, 2.45) is 0 Å². The van der Waals surface area contributed by atoms with Gasteiger partial charge in [0.15, 0.2) is 0 Å². The first-order chi connectivity index (χ1) is 9.85. The summed E-state index contributed by atoms with van der Waals surface area (Å²) in [6.07, 6.45) is 0. The van der Waals surface area contributed by atoms with E-state index in [1.165, 1.54) is 19.2 Å². The summed E-state index contributed by atoms with van der Waals surface area (Å²) in [6.45, 7) is 3.41. The number of phenols is 1. The van der Waals surface area contributed by atoms with Gasteiger partial charge in [-0.15, -0.1) is 0 Å². The summed E-state index contributed by atoms with van der Waals surface area (Å²) in [5, 5.41) is 9.87. The van der Waals surface area contributed by atoms with E-state index >= 15 is 0 Å². The summed E-state index contributed by atoms with van der Waals surface area (Å²) < 4.78 is 32.1. The molecule has 0 fully saturated rings. The maximum Gasteiger partial charge on any atom is 0.261 e. The standard InChI is InChI=1S/C15H17NO4S/c1-10-4-9-14(11(2)15(10)17)16-21(18,19)13-7-5-12(20-3)6-8-13/h4-9,16-17H,1-3H3. The number of aromatic hydroxyl groups is 1. The molecule has 0 saturated heterocycles. The minimum Gasteiger partial charge on any atom is -0.507 e. The van der Waals surface area contributed by atoms with E-state index in [1.807, 2.05) is 0 Å². The molecule has 0 bridgehead atoms. The summed E-state index contributed by atoms with van der Waals surface area (Å²) >= 11 is 0. The lowest BCUT2D eigenvalue weighted by molar-refractivity contribution is 0.414. The molecule has 6 heteroatoms. The van der Waals surface area contributed by atoms with Crippen molar-refractivity contribution in [1.29, 1.82) is 0 Å². The molecule has 0 aromatic heterocycles. The molecule has 0 aliphatic carbocycles. The molecule has 2 aromatic carbocycles. The van der Waals surface area contributed by atoms with Gasteiger partial charge < -0.3 is 9.84 Å². The molecule has 2 rings (SSSR count). The van der Waals surface area contributed by atoms with E-state index in [0.29, 0.717) is 22.6 Å². The van der Waals surface area contributed by atoms with Crippen LogP contribution in [0.25, 0.3) is 0 Å². The Labute approximate surface area is 124 Å². The third-order valence-corrected chi connectivity index (χ3v) is 4.63. The van der Waals surface area contributed by atoms with Gasteiger partial charge in [0.1, 0.15) is 11.5 Å². The maximum atomic E-state index is 12.3. The number of aryl methyl sites for hydroxylation is 1. The number of anilines is 1. The highest BCUT2D eigenvalue weighted by Crippen LogP contribution is 2.29. The molecule has 0 amide bonds. The summed E-state index contributed by atoms with van der Waals surface area (Å²) in [5.41, 5.74) is 1.54. The quantitative estimate of drug-likeness (QED) is 0.910. The van der Waals surface area contributed by atoms with Gasteiger partial charge in [-0.2, -0.15) is 0 Å². The Kier molecular flexibility index (Phi) is 4.09. The van der Waals surface area contributed by atoms with Crippen molar-refractivity contribution in [3.63, 3.8) is 0 Å². The van der Waals surface area contributed by atoms with Gasteiger partial charge in [0, 0.05) is 5.56 Å². The molecule has 112 valence electrons. The Morgan fingerprint density at radius 2 is 1.67 bits per heavy atom. The normalized spacial score (nSPS) is 11.2. The van der Waals surface area contributed by atoms with Crippen molar-refractivity contribution in [3.05, 3.63) is 47.5 Å². The van der Waals surface area contributed by atoms with Crippen LogP contribution >= 0.6 is 0 Å². The molecule has 0 heterocycles. The minimum atomic E-state index is -3.71. The molecular weight excluding hydrogens is 290 g/mol. The average Bonchev–Trinajstić information content (AvgIpc) is 2.48. The number of ether oxygens (including phenoxy) is 1. The lowest BCUT2D eigenvalue weighted by atomic mass is 10.1. The number of sulfonamides is 1. The highest BCUT2D eigenvalue weighted by molar-refractivity contribution is 7.92. The van der Waals surface area contributed by atoms with Crippen LogP contribution in [-0.4, -0.2) is 20.6 Å². The summed E-state index contributed by atoms with van der Waals surface area (Å²) in [7, 11) is -2.19. The molecule has 0 aliphatic rings. The number of benzene rings is 2. The molecule has 0 radical (unpaired) electrons. The first kappa shape index (κ1) is 15.2. The molecule has 21 heavy (non-hydrogen) atoms. The molecule has 0 saturated carbocycles. The second-order valence-corrected chi connectivity index (χ2v) is 6.37. The third-order valence-electron chi connectivity index (χ3n) is 3.25. The fourth-order valence-electron chi connectivity index (χ4n) is 1.90. The van der Waals surface area contributed by atoms with E-state index in [0.717, 1.165) is 0 Å². The lowest BCUT2D eigenvalue weighted by Gasteiger charge is -2.13. The van der Waals surface area contributed by atoms with Crippen molar-refractivity contribution in [2.75, 3.05) is 11.8 Å². The fourth-order valence-corrected chi connectivity index (χ4v) is 3.03. The van der Waals surface area contributed by atoms with Crippen molar-refractivity contribution < 1.29 is 18.3 Å². The first-order valence-corrected chi connectivity index (χ1v) is 7.79. The topological polar surface area (TPSA) is 75.6 Å². The maximum absolute atomic E-state index is 12.3. The van der Waals surface area contributed by atoms with Crippen LogP contribution in [0, 0.1) is 13.8 Å². The molecule has 5 nitrogen and oxygen atoms in total. The number of hydrogen-bond acceptors (Lipinski definition) is 4. The van der Waals surface area contributed by atoms with Crippen LogP contribution in [0.1, 0.15) is 11.1 Å². The molecule has 0 aliphatic heterocycles. The van der Waals surface area contributed by atoms with Gasteiger partial charge in [0.2, 0.25) is 0 Å². The smallest absolute Gasteiger partial charge is 0.261 e. The monoisotopic (exact) mass is 307 g/mol. The number of nitrogens with one attached hydrogen (secondary N) is 1. The van der Waals surface area contributed by atoms with E-state index in [2.05, 4.69) is 4.72 Å². The Balaban J connectivity index is 2.35. The molecule has 0 spiro atoms. The predicted molar refractivity (Wildman–Crippen MR) is 81.4 cm³/mol. The third kappa shape index (κ3) is 3.11. The van der Waals surface area contributed by atoms with Gasteiger partial charge in [-0.25, -0.2) is 8.42 Å². The highest BCUT2D eigenvalue weighted by atomic mass is 32.2. The van der Waals surface area contributed by atoms with Crippen LogP contribution in [-0.2, 0) is 10.0 Å². The highest BCUT2D eigenvalue weighted by Gasteiger charge is 2.16. The summed E-state index contributed by atoms with van der Waals surface area (Å²) in [5.74, 6) is 0.669. The number of hydrogen-bond donors (Lipinski definition) is 2. The Bertz CT molecular complexity index is 752. The van der Waals surface area contributed by atoms with E-state index in [9.17, 15) is 13.5 Å². The predicted octanol–water partition coefficient (Wildman–Crippen LogP) is 2.82. The van der Waals surface area contributed by atoms with E-state index in [4.69, 9.17) is 4.74 Å². The van der Waals surface area contributed by atoms with Crippen molar-refractivity contribution >= 4 is 15.7 Å². The van der Waals surface area contributed by atoms with Crippen molar-refractivity contribution in [2.45, 2.75) is 18.7 Å². The van der Waals surface area contributed by atoms with Crippen molar-refractivity contribution in [3.8, 4) is 11.5 Å². The van der Waals surface area contributed by atoms with Crippen LogP contribution in [0.3, 0.4) is 0 Å². The van der Waals surface area contributed by atoms with Crippen LogP contribution in [0.2, 0.25) is 0 Å². The SMILES string of the molecule is COc1ccc(S(=O)(=O)Nc2ccc(C)c(O)c2C)cc1. The molecule has 0 unspecified atom stereocenters. The van der Waals surface area contributed by atoms with Gasteiger partial charge in [0.05, 0.1) is 17.7 Å². The summed E-state index contributed by atoms with van der Waals surface area (Å²) in [6, 6.07) is 9.37. The van der Waals surface area contributed by atoms with Crippen LogP contribution < -0.4 is 9.46 Å². The first-order valence-electron chi connectivity index (χ1n) is 6.31. The molecule has 2 N–H and O–H groups in total.